The van der Waals surface area contributed by atoms with E-state index >= 15 is 0 Å². The number of benzene rings is 2. The van der Waals surface area contributed by atoms with E-state index in [9.17, 15) is 9.59 Å². The Kier molecular flexibility index (Phi) is 7.85. The largest absolute Gasteiger partial charge is 0.493 e. The zero-order valence-electron chi connectivity index (χ0n) is 15.9. The topological polar surface area (TPSA) is 58.6 Å². The van der Waals surface area contributed by atoms with Gasteiger partial charge in [-0.25, -0.2) is 0 Å². The highest BCUT2D eigenvalue weighted by molar-refractivity contribution is 9.10. The van der Waals surface area contributed by atoms with Gasteiger partial charge in [-0.2, -0.15) is 0 Å². The fourth-order valence-corrected chi connectivity index (χ4v) is 2.86. The van der Waals surface area contributed by atoms with Crippen LogP contribution in [0.1, 0.15) is 35.7 Å². The molecule has 0 bridgehead atoms. The van der Waals surface area contributed by atoms with Crippen molar-refractivity contribution in [2.75, 3.05) is 26.0 Å². The van der Waals surface area contributed by atoms with Gasteiger partial charge in [0.05, 0.1) is 12.2 Å². The molecule has 0 aromatic heterocycles. The summed E-state index contributed by atoms with van der Waals surface area (Å²) in [7, 11) is 3.49. The molecule has 0 radical (unpaired) electrons. The van der Waals surface area contributed by atoms with Crippen molar-refractivity contribution in [3.63, 3.8) is 0 Å². The van der Waals surface area contributed by atoms with Crippen molar-refractivity contribution < 1.29 is 14.3 Å². The van der Waals surface area contributed by atoms with Gasteiger partial charge in [0, 0.05) is 30.7 Å². The highest BCUT2D eigenvalue weighted by Crippen LogP contribution is 2.25. The summed E-state index contributed by atoms with van der Waals surface area (Å²) in [5, 5.41) is 2.92. The van der Waals surface area contributed by atoms with E-state index in [1.165, 1.54) is 0 Å². The second kappa shape index (κ2) is 10.1. The van der Waals surface area contributed by atoms with Crippen molar-refractivity contribution in [1.82, 2.24) is 4.90 Å². The van der Waals surface area contributed by atoms with E-state index in [1.807, 2.05) is 37.3 Å². The third kappa shape index (κ3) is 6.40. The predicted molar refractivity (Wildman–Crippen MR) is 111 cm³/mol. The number of rotatable bonds is 8. The maximum absolute atomic E-state index is 12.7. The van der Waals surface area contributed by atoms with E-state index in [4.69, 9.17) is 4.74 Å². The maximum Gasteiger partial charge on any atom is 0.259 e. The molecule has 2 aromatic rings. The van der Waals surface area contributed by atoms with Gasteiger partial charge in [-0.15, -0.1) is 0 Å². The molecule has 6 heteroatoms. The fourth-order valence-electron chi connectivity index (χ4n) is 2.50. The number of amides is 2. The van der Waals surface area contributed by atoms with Gasteiger partial charge in [0.2, 0.25) is 5.91 Å². The summed E-state index contributed by atoms with van der Waals surface area (Å²) < 4.78 is 6.50. The van der Waals surface area contributed by atoms with Crippen LogP contribution in [-0.4, -0.2) is 37.4 Å². The molecule has 0 saturated heterocycles. The molecule has 0 aliphatic heterocycles. The quantitative estimate of drug-likeness (QED) is 0.667. The van der Waals surface area contributed by atoms with E-state index in [1.54, 1.807) is 31.1 Å². The van der Waals surface area contributed by atoms with Gasteiger partial charge in [-0.1, -0.05) is 35.0 Å². The standard InChI is InChI=1S/C21H25BrN2O3/c1-4-12-27-19-10-9-16(22)14-18(19)21(26)23-17-7-5-6-15(13-17)8-11-20(25)24(2)3/h5-7,9-10,13-14H,4,8,11-12H2,1-3H3,(H,23,26). The number of carbonyl (C=O) groups excluding carboxylic acids is 2. The Hall–Kier alpha value is -2.34. The Morgan fingerprint density at radius 1 is 1.15 bits per heavy atom. The van der Waals surface area contributed by atoms with Crippen molar-refractivity contribution in [3.8, 4) is 5.75 Å². The molecule has 5 nitrogen and oxygen atoms in total. The summed E-state index contributed by atoms with van der Waals surface area (Å²) in [6, 6.07) is 12.9. The molecule has 2 rings (SSSR count). The number of hydrogen-bond donors (Lipinski definition) is 1. The van der Waals surface area contributed by atoms with Crippen LogP contribution in [0.4, 0.5) is 5.69 Å². The summed E-state index contributed by atoms with van der Waals surface area (Å²) in [5.74, 6) is 0.408. The Morgan fingerprint density at radius 2 is 1.93 bits per heavy atom. The number of carbonyl (C=O) groups is 2. The van der Waals surface area contributed by atoms with Crippen LogP contribution in [0, 0.1) is 0 Å². The van der Waals surface area contributed by atoms with Gasteiger partial charge in [0.1, 0.15) is 5.75 Å². The lowest BCUT2D eigenvalue weighted by Gasteiger charge is -2.13. The summed E-state index contributed by atoms with van der Waals surface area (Å²) in [5.41, 5.74) is 2.17. The summed E-state index contributed by atoms with van der Waals surface area (Å²) in [4.78, 5) is 26.1. The van der Waals surface area contributed by atoms with Gasteiger partial charge < -0.3 is 15.0 Å². The molecular formula is C21H25BrN2O3. The van der Waals surface area contributed by atoms with Crippen LogP contribution in [0.3, 0.4) is 0 Å². The predicted octanol–water partition coefficient (Wildman–Crippen LogP) is 4.51. The smallest absolute Gasteiger partial charge is 0.259 e. The van der Waals surface area contributed by atoms with Crippen molar-refractivity contribution in [3.05, 3.63) is 58.1 Å². The molecule has 0 aliphatic carbocycles. The Labute approximate surface area is 168 Å². The third-order valence-electron chi connectivity index (χ3n) is 3.96. The van der Waals surface area contributed by atoms with Crippen LogP contribution in [-0.2, 0) is 11.2 Å². The van der Waals surface area contributed by atoms with Gasteiger partial charge in [-0.05, 0) is 48.7 Å². The van der Waals surface area contributed by atoms with E-state index < -0.39 is 0 Å². The molecule has 2 aromatic carbocycles. The van der Waals surface area contributed by atoms with Crippen molar-refractivity contribution in [1.29, 1.82) is 0 Å². The SMILES string of the molecule is CCCOc1ccc(Br)cc1C(=O)Nc1cccc(CCC(=O)N(C)C)c1. The van der Waals surface area contributed by atoms with Crippen LogP contribution in [0.5, 0.6) is 5.75 Å². The summed E-state index contributed by atoms with van der Waals surface area (Å²) >= 11 is 3.40. The molecule has 0 spiro atoms. The monoisotopic (exact) mass is 432 g/mol. The molecule has 0 heterocycles. The lowest BCUT2D eigenvalue weighted by atomic mass is 10.1. The third-order valence-corrected chi connectivity index (χ3v) is 4.45. The van der Waals surface area contributed by atoms with Crippen molar-refractivity contribution in [2.24, 2.45) is 0 Å². The fraction of sp³-hybridized carbons (Fsp3) is 0.333. The molecule has 144 valence electrons. The van der Waals surface area contributed by atoms with E-state index in [-0.39, 0.29) is 11.8 Å². The first-order chi connectivity index (χ1) is 12.9. The molecule has 27 heavy (non-hydrogen) atoms. The van der Waals surface area contributed by atoms with E-state index in [2.05, 4.69) is 21.2 Å². The van der Waals surface area contributed by atoms with Crippen LogP contribution in [0.2, 0.25) is 0 Å². The number of nitrogens with zero attached hydrogens (tertiary/aromatic N) is 1. The normalized spacial score (nSPS) is 10.4. The van der Waals surface area contributed by atoms with Crippen LogP contribution in [0.15, 0.2) is 46.9 Å². The molecule has 2 amide bonds. The first-order valence-corrected chi connectivity index (χ1v) is 9.72. The van der Waals surface area contributed by atoms with E-state index in [0.29, 0.717) is 36.4 Å². The van der Waals surface area contributed by atoms with Gasteiger partial charge >= 0.3 is 0 Å². The van der Waals surface area contributed by atoms with Gasteiger partial charge in [0.25, 0.3) is 5.91 Å². The summed E-state index contributed by atoms with van der Waals surface area (Å²) in [6.07, 6.45) is 1.93. The Bertz CT molecular complexity index is 806. The maximum atomic E-state index is 12.7. The van der Waals surface area contributed by atoms with Crippen molar-refractivity contribution in [2.45, 2.75) is 26.2 Å². The molecule has 0 aliphatic rings. The molecule has 0 unspecified atom stereocenters. The van der Waals surface area contributed by atoms with Crippen LogP contribution >= 0.6 is 15.9 Å². The lowest BCUT2D eigenvalue weighted by molar-refractivity contribution is -0.128. The second-order valence-electron chi connectivity index (χ2n) is 6.43. The number of ether oxygens (including phenoxy) is 1. The Morgan fingerprint density at radius 3 is 2.63 bits per heavy atom. The molecule has 0 fully saturated rings. The number of nitrogens with one attached hydrogen (secondary N) is 1. The molecule has 0 saturated carbocycles. The number of aryl methyl sites for hydroxylation is 1. The second-order valence-corrected chi connectivity index (χ2v) is 7.35. The van der Waals surface area contributed by atoms with E-state index in [0.717, 1.165) is 16.5 Å². The van der Waals surface area contributed by atoms with Gasteiger partial charge in [0.15, 0.2) is 0 Å². The molecule has 1 N–H and O–H groups in total. The highest BCUT2D eigenvalue weighted by atomic mass is 79.9. The van der Waals surface area contributed by atoms with Crippen LogP contribution < -0.4 is 10.1 Å². The number of anilines is 1. The van der Waals surface area contributed by atoms with Crippen LogP contribution in [0.25, 0.3) is 0 Å². The zero-order chi connectivity index (χ0) is 19.8. The summed E-state index contributed by atoms with van der Waals surface area (Å²) in [6.45, 7) is 2.57. The first-order valence-electron chi connectivity index (χ1n) is 8.93. The average Bonchev–Trinajstić information content (AvgIpc) is 2.65. The minimum absolute atomic E-state index is 0.0799. The van der Waals surface area contributed by atoms with Crippen molar-refractivity contribution >= 4 is 33.4 Å². The molecule has 0 atom stereocenters. The van der Waals surface area contributed by atoms with Gasteiger partial charge in [-0.3, -0.25) is 9.59 Å². The molecular weight excluding hydrogens is 408 g/mol. The highest BCUT2D eigenvalue weighted by Gasteiger charge is 2.14. The lowest BCUT2D eigenvalue weighted by Crippen LogP contribution is -2.21. The average molecular weight is 433 g/mol. The Balaban J connectivity index is 2.11. The minimum atomic E-state index is -0.232. The number of halogens is 1. The minimum Gasteiger partial charge on any atom is -0.493 e. The zero-order valence-corrected chi connectivity index (χ0v) is 17.5. The first kappa shape index (κ1) is 21.0. The number of hydrogen-bond acceptors (Lipinski definition) is 3.